The third kappa shape index (κ3) is 2.44. The zero-order valence-corrected chi connectivity index (χ0v) is 10.6. The number of nitrogens with one attached hydrogen (secondary N) is 1. The molecule has 6 nitrogen and oxygen atoms in total. The molecule has 0 bridgehead atoms. The highest BCUT2D eigenvalue weighted by Gasteiger charge is 2.10. The smallest absolute Gasteiger partial charge is 0.287 e. The predicted molar refractivity (Wildman–Crippen MR) is 71.2 cm³/mol. The molecule has 0 aliphatic heterocycles. The molecule has 0 aliphatic rings. The van der Waals surface area contributed by atoms with E-state index in [1.54, 1.807) is 23.0 Å². The van der Waals surface area contributed by atoms with Gasteiger partial charge in [-0.15, -0.1) is 5.10 Å². The van der Waals surface area contributed by atoms with Crippen molar-refractivity contribution in [2.75, 3.05) is 0 Å². The molecule has 6 heteroatoms. The van der Waals surface area contributed by atoms with Gasteiger partial charge in [-0.2, -0.15) is 0 Å². The van der Waals surface area contributed by atoms with Crippen molar-refractivity contribution in [2.24, 2.45) is 0 Å². The van der Waals surface area contributed by atoms with Gasteiger partial charge in [-0.25, -0.2) is 4.68 Å². The summed E-state index contributed by atoms with van der Waals surface area (Å²) in [6, 6.07) is 12.9. The summed E-state index contributed by atoms with van der Waals surface area (Å²) in [7, 11) is 0. The lowest BCUT2D eigenvalue weighted by molar-refractivity contribution is 0.0922. The van der Waals surface area contributed by atoms with E-state index in [0.717, 1.165) is 11.4 Å². The van der Waals surface area contributed by atoms with E-state index in [-0.39, 0.29) is 11.7 Å². The fourth-order valence-corrected chi connectivity index (χ4v) is 1.83. The molecule has 20 heavy (non-hydrogen) atoms. The van der Waals surface area contributed by atoms with Crippen LogP contribution in [0.4, 0.5) is 0 Å². The second-order valence-corrected chi connectivity index (χ2v) is 4.13. The number of amides is 1. The Balaban J connectivity index is 1.73. The van der Waals surface area contributed by atoms with Crippen molar-refractivity contribution in [2.45, 2.75) is 6.54 Å². The maximum absolute atomic E-state index is 11.8. The van der Waals surface area contributed by atoms with Crippen LogP contribution in [0.5, 0.6) is 0 Å². The molecule has 1 N–H and O–H groups in total. The molecular formula is C14H12N4O2. The number of carbonyl (C=O) groups excluding carboxylic acids is 1. The van der Waals surface area contributed by atoms with Crippen molar-refractivity contribution >= 4 is 5.91 Å². The minimum Gasteiger partial charge on any atom is -0.459 e. The Hall–Kier alpha value is -2.89. The normalized spacial score (nSPS) is 10.4. The molecule has 0 atom stereocenters. The number of aromatic nitrogens is 3. The fourth-order valence-electron chi connectivity index (χ4n) is 1.83. The zero-order chi connectivity index (χ0) is 13.8. The summed E-state index contributed by atoms with van der Waals surface area (Å²) in [6.07, 6.45) is 3.08. The summed E-state index contributed by atoms with van der Waals surface area (Å²) in [5, 5.41) is 10.7. The first-order valence-electron chi connectivity index (χ1n) is 6.11. The minimum absolute atomic E-state index is 0.268. The van der Waals surface area contributed by atoms with Crippen molar-refractivity contribution in [1.29, 1.82) is 0 Å². The molecular weight excluding hydrogens is 256 g/mol. The Bertz CT molecular complexity index is 689. The van der Waals surface area contributed by atoms with Crippen LogP contribution in [0.15, 0.2) is 59.3 Å². The van der Waals surface area contributed by atoms with Gasteiger partial charge in [-0.3, -0.25) is 4.79 Å². The largest absolute Gasteiger partial charge is 0.459 e. The standard InChI is InChI=1S/C14H12N4O2/c19-14(13-7-4-8-20-13)15-9-12-10-16-17-18(12)11-5-2-1-3-6-11/h1-8,10H,9H2,(H,15,19). The minimum atomic E-state index is -0.268. The van der Waals surface area contributed by atoms with Crippen molar-refractivity contribution < 1.29 is 9.21 Å². The van der Waals surface area contributed by atoms with Crippen LogP contribution in [0.1, 0.15) is 16.2 Å². The van der Waals surface area contributed by atoms with Gasteiger partial charge in [0.05, 0.1) is 30.4 Å². The number of furan rings is 1. The number of carbonyl (C=O) groups is 1. The highest BCUT2D eigenvalue weighted by molar-refractivity contribution is 5.91. The highest BCUT2D eigenvalue weighted by atomic mass is 16.3. The second kappa shape index (κ2) is 5.40. The lowest BCUT2D eigenvalue weighted by Gasteiger charge is -2.06. The first-order chi connectivity index (χ1) is 9.84. The van der Waals surface area contributed by atoms with Crippen LogP contribution in [0.2, 0.25) is 0 Å². The van der Waals surface area contributed by atoms with Crippen molar-refractivity contribution in [1.82, 2.24) is 20.3 Å². The Morgan fingerprint density at radius 1 is 1.20 bits per heavy atom. The molecule has 3 rings (SSSR count). The monoisotopic (exact) mass is 268 g/mol. The van der Waals surface area contributed by atoms with Crippen molar-refractivity contribution in [3.63, 3.8) is 0 Å². The summed E-state index contributed by atoms with van der Waals surface area (Å²) < 4.78 is 6.71. The maximum Gasteiger partial charge on any atom is 0.287 e. The third-order valence-electron chi connectivity index (χ3n) is 2.80. The Kier molecular flexibility index (Phi) is 3.28. The predicted octanol–water partition coefficient (Wildman–Crippen LogP) is 1.79. The van der Waals surface area contributed by atoms with Crippen LogP contribution in [0.3, 0.4) is 0 Å². The van der Waals surface area contributed by atoms with E-state index < -0.39 is 0 Å². The average Bonchev–Trinajstić information content (AvgIpc) is 3.17. The van der Waals surface area contributed by atoms with Gasteiger partial charge in [0.2, 0.25) is 0 Å². The Labute approximate surface area is 115 Å². The van der Waals surface area contributed by atoms with Crippen LogP contribution in [-0.2, 0) is 6.54 Å². The van der Waals surface area contributed by atoms with Gasteiger partial charge in [-0.1, -0.05) is 23.4 Å². The highest BCUT2D eigenvalue weighted by Crippen LogP contribution is 2.08. The van der Waals surface area contributed by atoms with E-state index in [1.807, 2.05) is 30.3 Å². The number of nitrogens with zero attached hydrogens (tertiary/aromatic N) is 3. The van der Waals surface area contributed by atoms with Gasteiger partial charge >= 0.3 is 0 Å². The summed E-state index contributed by atoms with van der Waals surface area (Å²) >= 11 is 0. The molecule has 0 unspecified atom stereocenters. The summed E-state index contributed by atoms with van der Waals surface area (Å²) in [4.78, 5) is 11.8. The average molecular weight is 268 g/mol. The lowest BCUT2D eigenvalue weighted by Crippen LogP contribution is -2.23. The number of hydrogen-bond acceptors (Lipinski definition) is 4. The van der Waals surface area contributed by atoms with E-state index in [9.17, 15) is 4.79 Å². The Morgan fingerprint density at radius 3 is 2.80 bits per heavy atom. The molecule has 0 radical (unpaired) electrons. The summed E-state index contributed by atoms with van der Waals surface area (Å²) in [6.45, 7) is 0.321. The van der Waals surface area contributed by atoms with Gasteiger partial charge in [0, 0.05) is 0 Å². The molecule has 100 valence electrons. The van der Waals surface area contributed by atoms with Crippen molar-refractivity contribution in [3.8, 4) is 5.69 Å². The van der Waals surface area contributed by atoms with Gasteiger partial charge in [-0.05, 0) is 24.3 Å². The van der Waals surface area contributed by atoms with E-state index in [2.05, 4.69) is 15.6 Å². The van der Waals surface area contributed by atoms with Crippen LogP contribution in [0.25, 0.3) is 5.69 Å². The van der Waals surface area contributed by atoms with Crippen LogP contribution in [0, 0.1) is 0 Å². The van der Waals surface area contributed by atoms with E-state index >= 15 is 0 Å². The van der Waals surface area contributed by atoms with Gasteiger partial charge < -0.3 is 9.73 Å². The molecule has 0 saturated carbocycles. The number of hydrogen-bond donors (Lipinski definition) is 1. The van der Waals surface area contributed by atoms with Gasteiger partial charge in [0.25, 0.3) is 5.91 Å². The molecule has 3 aromatic rings. The lowest BCUT2D eigenvalue weighted by atomic mass is 10.3. The SMILES string of the molecule is O=C(NCc1cnnn1-c1ccccc1)c1ccco1. The molecule has 2 heterocycles. The van der Waals surface area contributed by atoms with E-state index in [0.29, 0.717) is 6.54 Å². The topological polar surface area (TPSA) is 73.0 Å². The molecule has 0 aliphatic carbocycles. The number of rotatable bonds is 4. The third-order valence-corrected chi connectivity index (χ3v) is 2.80. The van der Waals surface area contributed by atoms with Gasteiger partial charge in [0.15, 0.2) is 5.76 Å². The molecule has 0 fully saturated rings. The van der Waals surface area contributed by atoms with Crippen LogP contribution in [-0.4, -0.2) is 20.9 Å². The van der Waals surface area contributed by atoms with Crippen LogP contribution < -0.4 is 5.32 Å². The van der Waals surface area contributed by atoms with Crippen molar-refractivity contribution in [3.05, 3.63) is 66.4 Å². The van der Waals surface area contributed by atoms with E-state index in [1.165, 1.54) is 6.26 Å². The summed E-state index contributed by atoms with van der Waals surface area (Å²) in [5.74, 6) is 0.0135. The summed E-state index contributed by atoms with van der Waals surface area (Å²) in [5.41, 5.74) is 1.68. The zero-order valence-electron chi connectivity index (χ0n) is 10.6. The molecule has 1 amide bonds. The van der Waals surface area contributed by atoms with Gasteiger partial charge in [0.1, 0.15) is 0 Å². The molecule has 0 saturated heterocycles. The first kappa shape index (κ1) is 12.2. The van der Waals surface area contributed by atoms with Crippen LogP contribution >= 0.6 is 0 Å². The second-order valence-electron chi connectivity index (χ2n) is 4.13. The molecule has 0 spiro atoms. The van der Waals surface area contributed by atoms with E-state index in [4.69, 9.17) is 4.42 Å². The first-order valence-corrected chi connectivity index (χ1v) is 6.11. The number of benzene rings is 1. The fraction of sp³-hybridized carbons (Fsp3) is 0.0714. The maximum atomic E-state index is 11.8. The molecule has 2 aromatic heterocycles. The number of para-hydroxylation sites is 1. The Morgan fingerprint density at radius 2 is 2.05 bits per heavy atom. The molecule has 1 aromatic carbocycles. The quantitative estimate of drug-likeness (QED) is 0.783.